The first-order valence-corrected chi connectivity index (χ1v) is 8.28. The SMILES string of the molecule is BC/C=C/C/C=C\C/C=C\C/C=C/CCCC(=O)NCCO. The number of aliphatic hydroxyl groups is 1. The molecule has 0 aromatic carbocycles. The largest absolute Gasteiger partial charge is 0.395 e. The number of amides is 1. The van der Waals surface area contributed by atoms with Gasteiger partial charge in [0.1, 0.15) is 7.85 Å². The van der Waals surface area contributed by atoms with Gasteiger partial charge in [0, 0.05) is 13.0 Å². The maximum absolute atomic E-state index is 11.3. The van der Waals surface area contributed by atoms with Crippen molar-refractivity contribution < 1.29 is 9.90 Å². The van der Waals surface area contributed by atoms with Crippen LogP contribution in [0.15, 0.2) is 48.6 Å². The lowest BCUT2D eigenvalue weighted by Crippen LogP contribution is -2.25. The summed E-state index contributed by atoms with van der Waals surface area (Å²) in [4.78, 5) is 11.3. The molecule has 0 fully saturated rings. The Morgan fingerprint density at radius 1 is 0.909 bits per heavy atom. The molecule has 0 aliphatic rings. The van der Waals surface area contributed by atoms with Gasteiger partial charge < -0.3 is 10.4 Å². The Hall–Kier alpha value is -1.55. The van der Waals surface area contributed by atoms with Crippen molar-refractivity contribution in [3.8, 4) is 0 Å². The summed E-state index contributed by atoms with van der Waals surface area (Å²) < 4.78 is 0. The molecule has 0 aliphatic heterocycles. The summed E-state index contributed by atoms with van der Waals surface area (Å²) in [7, 11) is 2.14. The van der Waals surface area contributed by atoms with E-state index in [-0.39, 0.29) is 12.5 Å². The molecule has 22 heavy (non-hydrogen) atoms. The lowest BCUT2D eigenvalue weighted by Gasteiger charge is -2.00. The van der Waals surface area contributed by atoms with Gasteiger partial charge in [0.05, 0.1) is 6.61 Å². The highest BCUT2D eigenvalue weighted by Crippen LogP contribution is 1.99. The third kappa shape index (κ3) is 16.5. The number of carbonyl (C=O) groups is 1. The maximum Gasteiger partial charge on any atom is 0.220 e. The molecule has 0 aromatic rings. The average Bonchev–Trinajstić information content (AvgIpc) is 2.53. The molecule has 0 radical (unpaired) electrons. The fourth-order valence-corrected chi connectivity index (χ4v) is 1.76. The molecule has 0 atom stereocenters. The maximum atomic E-state index is 11.3. The predicted octanol–water partition coefficient (Wildman–Crippen LogP) is 2.71. The molecule has 0 bridgehead atoms. The van der Waals surface area contributed by atoms with Crippen molar-refractivity contribution >= 4 is 13.8 Å². The molecule has 1 amide bonds. The van der Waals surface area contributed by atoms with E-state index in [1.54, 1.807) is 0 Å². The van der Waals surface area contributed by atoms with Crippen LogP contribution in [0, 0.1) is 0 Å². The smallest absolute Gasteiger partial charge is 0.220 e. The molecule has 0 rings (SSSR count). The quantitative estimate of drug-likeness (QED) is 0.312. The van der Waals surface area contributed by atoms with E-state index in [1.807, 2.05) is 0 Å². The van der Waals surface area contributed by atoms with Crippen LogP contribution in [0.1, 0.15) is 38.5 Å². The van der Waals surface area contributed by atoms with Crippen LogP contribution in [0.4, 0.5) is 0 Å². The number of allylic oxidation sites excluding steroid dienone is 8. The second-order valence-electron chi connectivity index (χ2n) is 4.97. The van der Waals surface area contributed by atoms with Gasteiger partial charge >= 0.3 is 0 Å². The third-order valence-electron chi connectivity index (χ3n) is 2.93. The Bertz CT molecular complexity index is 373. The number of nitrogens with one attached hydrogen (secondary N) is 1. The van der Waals surface area contributed by atoms with Gasteiger partial charge in [0.2, 0.25) is 5.91 Å². The first kappa shape index (κ1) is 20.5. The topological polar surface area (TPSA) is 49.3 Å². The summed E-state index contributed by atoms with van der Waals surface area (Å²) in [6.07, 6.45) is 23.7. The van der Waals surface area contributed by atoms with E-state index in [0.29, 0.717) is 13.0 Å². The second kappa shape index (κ2) is 17.5. The molecule has 0 spiro atoms. The summed E-state index contributed by atoms with van der Waals surface area (Å²) in [5.74, 6) is 0.0166. The number of aliphatic hydroxyl groups excluding tert-OH is 1. The van der Waals surface area contributed by atoms with Crippen molar-refractivity contribution in [1.29, 1.82) is 0 Å². The highest BCUT2D eigenvalue weighted by Gasteiger charge is 1.97. The third-order valence-corrected chi connectivity index (χ3v) is 2.93. The zero-order valence-electron chi connectivity index (χ0n) is 13.8. The molecule has 0 saturated heterocycles. The van der Waals surface area contributed by atoms with Gasteiger partial charge in [-0.1, -0.05) is 54.9 Å². The minimum absolute atomic E-state index is 0.00259. The van der Waals surface area contributed by atoms with E-state index in [1.165, 1.54) is 0 Å². The minimum atomic E-state index is 0.00259. The van der Waals surface area contributed by atoms with E-state index < -0.39 is 0 Å². The zero-order chi connectivity index (χ0) is 16.3. The Balaban J connectivity index is 3.44. The lowest BCUT2D eigenvalue weighted by molar-refractivity contribution is -0.121. The van der Waals surface area contributed by atoms with Gasteiger partial charge in [-0.2, -0.15) is 0 Å². The molecule has 0 saturated carbocycles. The van der Waals surface area contributed by atoms with Crippen molar-refractivity contribution in [2.45, 2.75) is 44.8 Å². The van der Waals surface area contributed by atoms with Gasteiger partial charge in [-0.3, -0.25) is 4.79 Å². The van der Waals surface area contributed by atoms with Crippen LogP contribution in [-0.2, 0) is 4.79 Å². The van der Waals surface area contributed by atoms with Crippen LogP contribution >= 0.6 is 0 Å². The van der Waals surface area contributed by atoms with Crippen molar-refractivity contribution in [3.63, 3.8) is 0 Å². The average molecular weight is 303 g/mol. The van der Waals surface area contributed by atoms with Gasteiger partial charge in [0.15, 0.2) is 0 Å². The molecule has 2 N–H and O–H groups in total. The van der Waals surface area contributed by atoms with E-state index in [0.717, 1.165) is 38.4 Å². The van der Waals surface area contributed by atoms with Crippen LogP contribution < -0.4 is 5.32 Å². The molecule has 0 heterocycles. The first-order chi connectivity index (χ1) is 10.8. The monoisotopic (exact) mass is 303 g/mol. The Labute approximate surface area is 136 Å². The zero-order valence-corrected chi connectivity index (χ0v) is 13.8. The number of carbonyl (C=O) groups excluding carboxylic acids is 1. The summed E-state index contributed by atoms with van der Waals surface area (Å²) in [5.41, 5.74) is 0. The highest BCUT2D eigenvalue weighted by molar-refractivity contribution is 6.09. The van der Waals surface area contributed by atoms with Crippen LogP contribution in [0.5, 0.6) is 0 Å². The fourth-order valence-electron chi connectivity index (χ4n) is 1.76. The molecular weight excluding hydrogens is 273 g/mol. The van der Waals surface area contributed by atoms with Crippen LogP contribution in [-0.4, -0.2) is 32.0 Å². The summed E-state index contributed by atoms with van der Waals surface area (Å²) in [5, 5.41) is 11.2. The Kier molecular flexibility index (Phi) is 16.3. The molecule has 4 heteroatoms. The van der Waals surface area contributed by atoms with Crippen LogP contribution in [0.2, 0.25) is 6.32 Å². The predicted molar refractivity (Wildman–Crippen MR) is 97.7 cm³/mol. The Morgan fingerprint density at radius 3 is 2.00 bits per heavy atom. The van der Waals surface area contributed by atoms with E-state index in [2.05, 4.69) is 61.8 Å². The van der Waals surface area contributed by atoms with Gasteiger partial charge in [0.25, 0.3) is 0 Å². The highest BCUT2D eigenvalue weighted by atomic mass is 16.3. The molecule has 122 valence electrons. The van der Waals surface area contributed by atoms with Gasteiger partial charge in [-0.05, 0) is 32.1 Å². The van der Waals surface area contributed by atoms with Crippen molar-refractivity contribution in [1.82, 2.24) is 5.32 Å². The molecular formula is C18H30BNO2. The lowest BCUT2D eigenvalue weighted by atomic mass is 10.1. The first-order valence-electron chi connectivity index (χ1n) is 8.28. The number of rotatable bonds is 13. The van der Waals surface area contributed by atoms with Crippen molar-refractivity contribution in [2.24, 2.45) is 0 Å². The van der Waals surface area contributed by atoms with Gasteiger partial charge in [-0.25, -0.2) is 0 Å². The van der Waals surface area contributed by atoms with E-state index in [9.17, 15) is 4.79 Å². The number of hydrogen-bond donors (Lipinski definition) is 2. The molecule has 0 aromatic heterocycles. The molecule has 0 unspecified atom stereocenters. The standard InChI is InChI=1S/C18H30BNO2/c19-15-13-11-9-7-5-3-1-2-4-6-8-10-12-14-18(22)20-16-17-21/h1-2,5-8,11,13,21H,3-4,9-10,12,14-17,19H2,(H,20,22)/b2-1-,7-5-,8-6+,13-11+. The molecule has 0 aliphatic carbocycles. The number of unbranched alkanes of at least 4 members (excludes halogenated alkanes) is 1. The van der Waals surface area contributed by atoms with Gasteiger partial charge in [-0.15, -0.1) is 0 Å². The van der Waals surface area contributed by atoms with E-state index >= 15 is 0 Å². The Morgan fingerprint density at radius 2 is 1.45 bits per heavy atom. The van der Waals surface area contributed by atoms with Crippen LogP contribution in [0.3, 0.4) is 0 Å². The summed E-state index contributed by atoms with van der Waals surface area (Å²) >= 11 is 0. The summed E-state index contributed by atoms with van der Waals surface area (Å²) in [6.45, 7) is 0.353. The second-order valence-corrected chi connectivity index (χ2v) is 4.97. The summed E-state index contributed by atoms with van der Waals surface area (Å²) in [6, 6.07) is 0. The fraction of sp³-hybridized carbons (Fsp3) is 0.500. The normalized spacial score (nSPS) is 12.2. The minimum Gasteiger partial charge on any atom is -0.395 e. The number of hydrogen-bond acceptors (Lipinski definition) is 2. The molecule has 3 nitrogen and oxygen atoms in total. The van der Waals surface area contributed by atoms with E-state index in [4.69, 9.17) is 5.11 Å². The van der Waals surface area contributed by atoms with Crippen molar-refractivity contribution in [2.75, 3.05) is 13.2 Å². The van der Waals surface area contributed by atoms with Crippen molar-refractivity contribution in [3.05, 3.63) is 48.6 Å². The van der Waals surface area contributed by atoms with Crippen LogP contribution in [0.25, 0.3) is 0 Å².